The Labute approximate surface area is 178 Å². The highest BCUT2D eigenvalue weighted by Crippen LogP contribution is 2.23. The number of rotatable bonds is 6. The maximum Gasteiger partial charge on any atom is 0.230 e. The number of nitrogens with one attached hydrogen (secondary N) is 1. The number of carbonyl (C=O) groups is 1. The fourth-order valence-electron chi connectivity index (χ4n) is 2.79. The van der Waals surface area contributed by atoms with Crippen LogP contribution in [0.3, 0.4) is 0 Å². The number of aryl methyl sites for hydroxylation is 1. The molecule has 1 aromatic carbocycles. The first-order valence-corrected chi connectivity index (χ1v) is 9.85. The van der Waals surface area contributed by atoms with E-state index in [1.165, 1.54) is 0 Å². The van der Waals surface area contributed by atoms with Crippen LogP contribution in [-0.2, 0) is 17.9 Å². The summed E-state index contributed by atoms with van der Waals surface area (Å²) in [5.74, 6) is 0.0565. The van der Waals surface area contributed by atoms with Crippen molar-refractivity contribution in [3.8, 4) is 0 Å². The van der Waals surface area contributed by atoms with E-state index in [0.717, 1.165) is 17.0 Å². The van der Waals surface area contributed by atoms with Crippen molar-refractivity contribution >= 4 is 46.5 Å². The molecule has 0 aliphatic rings. The van der Waals surface area contributed by atoms with Crippen molar-refractivity contribution in [2.24, 2.45) is 5.92 Å². The highest BCUT2D eigenvalue weighted by Gasteiger charge is 2.18. The molecule has 1 atom stereocenters. The third-order valence-electron chi connectivity index (χ3n) is 4.41. The van der Waals surface area contributed by atoms with Crippen LogP contribution in [0.4, 0.5) is 5.82 Å². The minimum Gasteiger partial charge on any atom is -0.309 e. The molecule has 2 aromatic heterocycles. The molecular weight excluding hydrogens is 421 g/mol. The molecule has 0 spiro atoms. The highest BCUT2D eigenvalue weighted by molar-refractivity contribution is 6.42. The smallest absolute Gasteiger partial charge is 0.230 e. The fourth-order valence-corrected chi connectivity index (χ4v) is 3.24. The average Bonchev–Trinajstić information content (AvgIpc) is 3.18. The zero-order valence-electron chi connectivity index (χ0n) is 15.7. The lowest BCUT2D eigenvalue weighted by atomic mass is 10.1. The minimum atomic E-state index is -0.297. The van der Waals surface area contributed by atoms with Crippen molar-refractivity contribution in [2.45, 2.75) is 33.9 Å². The van der Waals surface area contributed by atoms with E-state index < -0.39 is 0 Å². The van der Waals surface area contributed by atoms with E-state index in [-0.39, 0.29) is 11.8 Å². The number of anilines is 1. The maximum atomic E-state index is 12.5. The fraction of sp³-hybridized carbons (Fsp3) is 0.316. The summed E-state index contributed by atoms with van der Waals surface area (Å²) in [6, 6.07) is 7.18. The van der Waals surface area contributed by atoms with Crippen LogP contribution in [0.5, 0.6) is 0 Å². The number of aromatic nitrogens is 4. The zero-order chi connectivity index (χ0) is 20.4. The standard InChI is InChI=1S/C19H20Cl3N5O/c1-11(9-27-13(3)18(22)12(2)24-27)19(28)23-17-6-7-26(25-17)10-14-4-5-15(20)16(21)8-14/h4-8,11H,9-10H2,1-3H3,(H,23,25,28). The molecule has 28 heavy (non-hydrogen) atoms. The molecule has 3 aromatic rings. The van der Waals surface area contributed by atoms with Gasteiger partial charge in [-0.1, -0.05) is 47.8 Å². The Morgan fingerprint density at radius 2 is 1.89 bits per heavy atom. The summed E-state index contributed by atoms with van der Waals surface area (Å²) in [6.45, 7) is 6.53. The second-order valence-electron chi connectivity index (χ2n) is 6.70. The molecule has 6 nitrogen and oxygen atoms in total. The number of carbonyl (C=O) groups excluding carboxylic acids is 1. The lowest BCUT2D eigenvalue weighted by Crippen LogP contribution is -2.25. The first kappa shape index (κ1) is 20.7. The summed E-state index contributed by atoms with van der Waals surface area (Å²) in [5, 5.41) is 13.2. The van der Waals surface area contributed by atoms with Gasteiger partial charge in [0.1, 0.15) is 0 Å². The molecule has 0 fully saturated rings. The number of halogens is 3. The van der Waals surface area contributed by atoms with Crippen molar-refractivity contribution in [1.82, 2.24) is 19.6 Å². The van der Waals surface area contributed by atoms with Gasteiger partial charge < -0.3 is 5.32 Å². The van der Waals surface area contributed by atoms with E-state index in [1.807, 2.05) is 26.8 Å². The van der Waals surface area contributed by atoms with Crippen LogP contribution in [0.1, 0.15) is 23.9 Å². The van der Waals surface area contributed by atoms with Crippen LogP contribution < -0.4 is 5.32 Å². The van der Waals surface area contributed by atoms with E-state index in [0.29, 0.717) is 34.0 Å². The molecule has 0 aliphatic carbocycles. The van der Waals surface area contributed by atoms with Crippen molar-refractivity contribution in [2.75, 3.05) is 5.32 Å². The lowest BCUT2D eigenvalue weighted by Gasteiger charge is -2.12. The van der Waals surface area contributed by atoms with E-state index in [4.69, 9.17) is 34.8 Å². The first-order valence-electron chi connectivity index (χ1n) is 8.72. The SMILES string of the molecule is Cc1nn(CC(C)C(=O)Nc2ccn(Cc3ccc(Cl)c(Cl)c3)n2)c(C)c1Cl. The second kappa shape index (κ2) is 8.55. The molecule has 0 bridgehead atoms. The van der Waals surface area contributed by atoms with E-state index in [9.17, 15) is 4.79 Å². The monoisotopic (exact) mass is 439 g/mol. The van der Waals surface area contributed by atoms with Crippen molar-refractivity contribution < 1.29 is 4.79 Å². The molecule has 1 unspecified atom stereocenters. The Morgan fingerprint density at radius 1 is 1.14 bits per heavy atom. The number of hydrogen-bond acceptors (Lipinski definition) is 3. The summed E-state index contributed by atoms with van der Waals surface area (Å²) >= 11 is 18.1. The largest absolute Gasteiger partial charge is 0.309 e. The van der Waals surface area contributed by atoms with E-state index >= 15 is 0 Å². The average molecular weight is 441 g/mol. The van der Waals surface area contributed by atoms with Crippen LogP contribution in [0.2, 0.25) is 15.1 Å². The van der Waals surface area contributed by atoms with Gasteiger partial charge >= 0.3 is 0 Å². The van der Waals surface area contributed by atoms with Gasteiger partial charge in [0.25, 0.3) is 0 Å². The third kappa shape index (κ3) is 4.69. The Kier molecular flexibility index (Phi) is 6.33. The molecule has 2 heterocycles. The molecule has 3 rings (SSSR count). The number of hydrogen-bond donors (Lipinski definition) is 1. The Morgan fingerprint density at radius 3 is 2.54 bits per heavy atom. The predicted octanol–water partition coefficient (Wildman–Crippen LogP) is 4.98. The lowest BCUT2D eigenvalue weighted by molar-refractivity contribution is -0.119. The van der Waals surface area contributed by atoms with Gasteiger partial charge in [-0.05, 0) is 31.5 Å². The second-order valence-corrected chi connectivity index (χ2v) is 7.90. The maximum absolute atomic E-state index is 12.5. The van der Waals surface area contributed by atoms with Gasteiger partial charge in [-0.2, -0.15) is 10.2 Å². The van der Waals surface area contributed by atoms with Gasteiger partial charge in [0, 0.05) is 12.3 Å². The van der Waals surface area contributed by atoms with Gasteiger partial charge in [0.05, 0.1) is 45.5 Å². The third-order valence-corrected chi connectivity index (χ3v) is 5.69. The van der Waals surface area contributed by atoms with Crippen molar-refractivity contribution in [1.29, 1.82) is 0 Å². The van der Waals surface area contributed by atoms with Gasteiger partial charge in [0.2, 0.25) is 5.91 Å². The Balaban J connectivity index is 1.61. The van der Waals surface area contributed by atoms with Crippen LogP contribution in [-0.4, -0.2) is 25.5 Å². The van der Waals surface area contributed by atoms with Crippen LogP contribution in [0, 0.1) is 19.8 Å². The van der Waals surface area contributed by atoms with Crippen LogP contribution in [0.15, 0.2) is 30.5 Å². The summed E-state index contributed by atoms with van der Waals surface area (Å²) in [5.41, 5.74) is 2.57. The van der Waals surface area contributed by atoms with Crippen LogP contribution in [0.25, 0.3) is 0 Å². The van der Waals surface area contributed by atoms with Crippen molar-refractivity contribution in [3.63, 3.8) is 0 Å². The molecule has 1 amide bonds. The van der Waals surface area contributed by atoms with Gasteiger partial charge in [-0.25, -0.2) is 0 Å². The van der Waals surface area contributed by atoms with Gasteiger partial charge in [-0.15, -0.1) is 0 Å². The molecule has 0 radical (unpaired) electrons. The summed E-state index contributed by atoms with van der Waals surface area (Å²) < 4.78 is 3.48. The van der Waals surface area contributed by atoms with E-state index in [1.54, 1.807) is 33.8 Å². The molecule has 0 saturated heterocycles. The quantitative estimate of drug-likeness (QED) is 0.588. The summed E-state index contributed by atoms with van der Waals surface area (Å²) in [4.78, 5) is 12.5. The Bertz CT molecular complexity index is 1010. The van der Waals surface area contributed by atoms with Crippen molar-refractivity contribution in [3.05, 3.63) is 62.5 Å². The molecule has 0 aliphatic heterocycles. The Hall–Kier alpha value is -2.02. The van der Waals surface area contributed by atoms with Gasteiger partial charge in [0.15, 0.2) is 5.82 Å². The first-order chi connectivity index (χ1) is 13.2. The predicted molar refractivity (Wildman–Crippen MR) is 112 cm³/mol. The zero-order valence-corrected chi connectivity index (χ0v) is 18.0. The summed E-state index contributed by atoms with van der Waals surface area (Å²) in [7, 11) is 0. The van der Waals surface area contributed by atoms with Crippen LogP contribution >= 0.6 is 34.8 Å². The summed E-state index contributed by atoms with van der Waals surface area (Å²) in [6.07, 6.45) is 1.80. The number of nitrogens with zero attached hydrogens (tertiary/aromatic N) is 4. The normalized spacial score (nSPS) is 12.2. The topological polar surface area (TPSA) is 64.7 Å². The minimum absolute atomic E-state index is 0.136. The highest BCUT2D eigenvalue weighted by atomic mass is 35.5. The van der Waals surface area contributed by atoms with E-state index in [2.05, 4.69) is 15.5 Å². The molecule has 0 saturated carbocycles. The number of benzene rings is 1. The molecule has 148 valence electrons. The molecule has 9 heteroatoms. The van der Waals surface area contributed by atoms with Gasteiger partial charge in [-0.3, -0.25) is 14.2 Å². The number of amides is 1. The molecular formula is C19H20Cl3N5O. The molecule has 1 N–H and O–H groups in total.